The summed E-state index contributed by atoms with van der Waals surface area (Å²) in [7, 11) is 0. The highest BCUT2D eigenvalue weighted by Gasteiger charge is 2.32. The van der Waals surface area contributed by atoms with E-state index in [2.05, 4.69) is 5.32 Å². The van der Waals surface area contributed by atoms with Crippen molar-refractivity contribution >= 4 is 5.97 Å². The Morgan fingerprint density at radius 1 is 1.18 bits per heavy atom. The van der Waals surface area contributed by atoms with E-state index >= 15 is 0 Å². The summed E-state index contributed by atoms with van der Waals surface area (Å²) < 4.78 is 0. The molecule has 2 fully saturated rings. The molecule has 0 amide bonds. The van der Waals surface area contributed by atoms with Gasteiger partial charge in [-0.1, -0.05) is 0 Å². The Morgan fingerprint density at radius 2 is 1.76 bits per heavy atom. The van der Waals surface area contributed by atoms with Crippen molar-refractivity contribution in [2.24, 2.45) is 17.3 Å². The van der Waals surface area contributed by atoms with Crippen LogP contribution in [0.25, 0.3) is 0 Å². The van der Waals surface area contributed by atoms with E-state index in [4.69, 9.17) is 4.84 Å². The molecule has 0 unspecified atom stereocenters. The van der Waals surface area contributed by atoms with Crippen molar-refractivity contribution < 1.29 is 9.63 Å². The lowest BCUT2D eigenvalue weighted by molar-refractivity contribution is -0.207. The van der Waals surface area contributed by atoms with Gasteiger partial charge in [-0.15, -0.1) is 5.06 Å². The van der Waals surface area contributed by atoms with Gasteiger partial charge in [-0.05, 0) is 58.5 Å². The third-order valence-corrected chi connectivity index (χ3v) is 3.80. The van der Waals surface area contributed by atoms with Crippen molar-refractivity contribution in [3.05, 3.63) is 0 Å². The van der Waals surface area contributed by atoms with Gasteiger partial charge in [-0.25, -0.2) is 4.79 Å². The van der Waals surface area contributed by atoms with Crippen LogP contribution < -0.4 is 5.32 Å². The van der Waals surface area contributed by atoms with E-state index < -0.39 is 5.41 Å². The van der Waals surface area contributed by atoms with Gasteiger partial charge in [0.2, 0.25) is 0 Å². The second kappa shape index (κ2) is 4.94. The summed E-state index contributed by atoms with van der Waals surface area (Å²) in [5.74, 6) is 1.55. The summed E-state index contributed by atoms with van der Waals surface area (Å²) in [5, 5.41) is 5.17. The van der Waals surface area contributed by atoms with Crippen molar-refractivity contribution in [3.63, 3.8) is 0 Å². The molecule has 0 radical (unpaired) electrons. The highest BCUT2D eigenvalue weighted by molar-refractivity contribution is 5.75. The molecule has 0 aromatic carbocycles. The summed E-state index contributed by atoms with van der Waals surface area (Å²) in [6.07, 6.45) is 2.31. The van der Waals surface area contributed by atoms with Crippen LogP contribution >= 0.6 is 0 Å². The molecule has 17 heavy (non-hydrogen) atoms. The fourth-order valence-corrected chi connectivity index (χ4v) is 2.34. The van der Waals surface area contributed by atoms with E-state index in [9.17, 15) is 4.79 Å². The molecule has 2 heterocycles. The first-order valence-corrected chi connectivity index (χ1v) is 6.65. The van der Waals surface area contributed by atoms with E-state index in [-0.39, 0.29) is 5.97 Å². The van der Waals surface area contributed by atoms with Crippen molar-refractivity contribution in [1.82, 2.24) is 10.4 Å². The molecule has 0 bridgehead atoms. The van der Waals surface area contributed by atoms with Crippen LogP contribution in [0.4, 0.5) is 0 Å². The zero-order valence-corrected chi connectivity index (χ0v) is 11.2. The van der Waals surface area contributed by atoms with E-state index in [1.807, 2.05) is 25.8 Å². The Bertz CT molecular complexity index is 274. The lowest BCUT2D eigenvalue weighted by Gasteiger charge is -2.39. The smallest absolute Gasteiger partial charge is 0.330 e. The zero-order valence-electron chi connectivity index (χ0n) is 11.2. The number of hydrogen-bond acceptors (Lipinski definition) is 4. The molecule has 0 aliphatic carbocycles. The molecule has 0 saturated carbocycles. The summed E-state index contributed by atoms with van der Waals surface area (Å²) in [4.78, 5) is 17.2. The summed E-state index contributed by atoms with van der Waals surface area (Å²) in [5.41, 5.74) is -0.408. The minimum Gasteiger partial charge on any atom is -0.367 e. The van der Waals surface area contributed by atoms with Gasteiger partial charge in [0.1, 0.15) is 0 Å². The Morgan fingerprint density at radius 3 is 2.18 bits per heavy atom. The minimum absolute atomic E-state index is 0.124. The maximum absolute atomic E-state index is 11.7. The van der Waals surface area contributed by atoms with Crippen LogP contribution in [0.15, 0.2) is 0 Å². The number of nitrogens with one attached hydrogen (secondary N) is 1. The maximum atomic E-state index is 11.7. The molecule has 0 aromatic rings. The largest absolute Gasteiger partial charge is 0.367 e. The van der Waals surface area contributed by atoms with Crippen LogP contribution in [0.1, 0.15) is 33.6 Å². The first-order chi connectivity index (χ1) is 7.97. The van der Waals surface area contributed by atoms with Gasteiger partial charge in [-0.2, -0.15) is 0 Å². The SMILES string of the molecule is CC(C)(C)C(=O)ON1CCC(C2CNC2)CC1. The fourth-order valence-electron chi connectivity index (χ4n) is 2.34. The highest BCUT2D eigenvalue weighted by atomic mass is 16.7. The number of carbonyl (C=O) groups excluding carboxylic acids is 1. The van der Waals surface area contributed by atoms with E-state index in [0.717, 1.165) is 37.8 Å². The van der Waals surface area contributed by atoms with Crippen LogP contribution in [-0.4, -0.2) is 37.2 Å². The Balaban J connectivity index is 1.73. The van der Waals surface area contributed by atoms with E-state index in [1.165, 1.54) is 13.1 Å². The van der Waals surface area contributed by atoms with Crippen LogP contribution in [0.3, 0.4) is 0 Å². The maximum Gasteiger partial charge on any atom is 0.330 e. The minimum atomic E-state index is -0.408. The number of carbonyl (C=O) groups is 1. The molecule has 1 N–H and O–H groups in total. The van der Waals surface area contributed by atoms with Gasteiger partial charge in [0, 0.05) is 13.1 Å². The highest BCUT2D eigenvalue weighted by Crippen LogP contribution is 2.28. The predicted octanol–water partition coefficient (Wildman–Crippen LogP) is 1.42. The van der Waals surface area contributed by atoms with Crippen molar-refractivity contribution in [2.75, 3.05) is 26.2 Å². The molecule has 2 saturated heterocycles. The molecule has 2 aliphatic heterocycles. The molecule has 2 aliphatic rings. The van der Waals surface area contributed by atoms with Gasteiger partial charge in [0.15, 0.2) is 0 Å². The summed E-state index contributed by atoms with van der Waals surface area (Å²) >= 11 is 0. The quantitative estimate of drug-likeness (QED) is 0.792. The molecular formula is C13H24N2O2. The number of hydrogen-bond donors (Lipinski definition) is 1. The van der Waals surface area contributed by atoms with E-state index in [1.54, 1.807) is 0 Å². The standard InChI is InChI=1S/C13H24N2O2/c1-13(2,3)12(16)17-15-6-4-10(5-7-15)11-8-14-9-11/h10-11,14H,4-9H2,1-3H3. The van der Waals surface area contributed by atoms with Crippen molar-refractivity contribution in [1.29, 1.82) is 0 Å². The average molecular weight is 240 g/mol. The molecule has 0 aromatic heterocycles. The molecule has 2 rings (SSSR count). The molecule has 98 valence electrons. The van der Waals surface area contributed by atoms with Crippen LogP contribution in [0.5, 0.6) is 0 Å². The van der Waals surface area contributed by atoms with Crippen LogP contribution in [0.2, 0.25) is 0 Å². The van der Waals surface area contributed by atoms with Crippen LogP contribution in [0, 0.1) is 17.3 Å². The van der Waals surface area contributed by atoms with E-state index in [0.29, 0.717) is 0 Å². The second-order valence-corrected chi connectivity index (χ2v) is 6.31. The molecule has 0 spiro atoms. The monoisotopic (exact) mass is 240 g/mol. The topological polar surface area (TPSA) is 41.6 Å². The third-order valence-electron chi connectivity index (χ3n) is 3.80. The number of hydroxylamine groups is 2. The summed E-state index contributed by atoms with van der Waals surface area (Å²) in [6.45, 7) is 9.80. The van der Waals surface area contributed by atoms with Gasteiger partial charge in [0.25, 0.3) is 0 Å². The molecule has 0 atom stereocenters. The van der Waals surface area contributed by atoms with Gasteiger partial charge >= 0.3 is 5.97 Å². The van der Waals surface area contributed by atoms with Crippen molar-refractivity contribution in [3.8, 4) is 0 Å². The number of nitrogens with zero attached hydrogens (tertiary/aromatic N) is 1. The Kier molecular flexibility index (Phi) is 3.73. The third kappa shape index (κ3) is 3.19. The molecule has 4 heteroatoms. The molecular weight excluding hydrogens is 216 g/mol. The number of piperidine rings is 1. The van der Waals surface area contributed by atoms with Gasteiger partial charge in [0.05, 0.1) is 5.41 Å². The van der Waals surface area contributed by atoms with Crippen LogP contribution in [-0.2, 0) is 9.63 Å². The van der Waals surface area contributed by atoms with Crippen molar-refractivity contribution in [2.45, 2.75) is 33.6 Å². The lowest BCUT2D eigenvalue weighted by atomic mass is 9.81. The van der Waals surface area contributed by atoms with Gasteiger partial charge < -0.3 is 10.2 Å². The predicted molar refractivity (Wildman–Crippen MR) is 66.2 cm³/mol. The molecule has 4 nitrogen and oxygen atoms in total. The lowest BCUT2D eigenvalue weighted by Crippen LogP contribution is -2.49. The fraction of sp³-hybridized carbons (Fsp3) is 0.923. The normalized spacial score (nSPS) is 24.4. The zero-order chi connectivity index (χ0) is 12.5. The average Bonchev–Trinajstić information content (AvgIpc) is 2.16. The van der Waals surface area contributed by atoms with Gasteiger partial charge in [-0.3, -0.25) is 0 Å². The number of rotatable bonds is 2. The Hall–Kier alpha value is -0.610. The second-order valence-electron chi connectivity index (χ2n) is 6.31. The first-order valence-electron chi connectivity index (χ1n) is 6.65. The first kappa shape index (κ1) is 12.8. The summed E-state index contributed by atoms with van der Waals surface area (Å²) in [6, 6.07) is 0. The Labute approximate surface area is 104 Å².